The van der Waals surface area contributed by atoms with Gasteiger partial charge < -0.3 is 15.1 Å². The van der Waals surface area contributed by atoms with Crippen LogP contribution in [0.3, 0.4) is 0 Å². The van der Waals surface area contributed by atoms with Gasteiger partial charge in [0.1, 0.15) is 0 Å². The van der Waals surface area contributed by atoms with Gasteiger partial charge in [-0.3, -0.25) is 14.8 Å². The number of nitrogens with zero attached hydrogens (tertiary/aromatic N) is 5. The molecule has 4 fully saturated rings. The van der Waals surface area contributed by atoms with Crippen molar-refractivity contribution in [1.29, 1.82) is 0 Å². The van der Waals surface area contributed by atoms with E-state index in [1.54, 1.807) is 0 Å². The highest BCUT2D eigenvalue weighted by molar-refractivity contribution is 7.14. The number of nitrogens with one attached hydrogen (secondary N) is 1. The molecule has 2 bridgehead atoms. The second kappa shape index (κ2) is 7.93. The molecule has 5 heterocycles. The van der Waals surface area contributed by atoms with E-state index in [-0.39, 0.29) is 0 Å². The Kier molecular flexibility index (Phi) is 5.43. The number of piperazine rings is 4. The third-order valence-corrected chi connectivity index (χ3v) is 6.50. The monoisotopic (exact) mass is 362 g/mol. The van der Waals surface area contributed by atoms with Gasteiger partial charge in [0, 0.05) is 71.5 Å². The van der Waals surface area contributed by atoms with Gasteiger partial charge in [-0.05, 0) is 24.4 Å². The van der Waals surface area contributed by atoms with Crippen molar-refractivity contribution in [3.63, 3.8) is 0 Å². The maximum absolute atomic E-state index is 5.01. The predicted molar refractivity (Wildman–Crippen MR) is 106 cm³/mol. The zero-order chi connectivity index (χ0) is 17.1. The second-order valence-corrected chi connectivity index (χ2v) is 8.04. The van der Waals surface area contributed by atoms with Gasteiger partial charge in [0.05, 0.1) is 11.5 Å². The van der Waals surface area contributed by atoms with Gasteiger partial charge in [-0.25, -0.2) is 0 Å². The maximum atomic E-state index is 5.01. The maximum Gasteiger partial charge on any atom is 0.194 e. The van der Waals surface area contributed by atoms with Gasteiger partial charge in [0.2, 0.25) is 0 Å². The summed E-state index contributed by atoms with van der Waals surface area (Å²) < 4.78 is 0. The van der Waals surface area contributed by atoms with Gasteiger partial charge in [-0.15, -0.1) is 11.3 Å². The lowest BCUT2D eigenvalue weighted by Gasteiger charge is -2.47. The SMILES string of the molecule is CCNC(=NCC1CN2CCN1CC2)N1CCN(c2cccs2)CC1. The zero-order valence-electron chi connectivity index (χ0n) is 15.2. The van der Waals surface area contributed by atoms with Gasteiger partial charge in [-0.1, -0.05) is 0 Å². The molecular weight excluding hydrogens is 332 g/mol. The van der Waals surface area contributed by atoms with E-state index in [0.29, 0.717) is 6.04 Å². The number of guanidine groups is 1. The van der Waals surface area contributed by atoms with E-state index in [1.807, 2.05) is 11.3 Å². The number of anilines is 1. The van der Waals surface area contributed by atoms with Crippen molar-refractivity contribution in [3.8, 4) is 0 Å². The lowest BCUT2D eigenvalue weighted by atomic mass is 10.1. The molecule has 0 spiro atoms. The van der Waals surface area contributed by atoms with E-state index in [4.69, 9.17) is 4.99 Å². The molecule has 1 aromatic heterocycles. The standard InChI is InChI=1S/C18H30N6S/c1-2-19-18(20-14-16-15-21-5-7-22(16)8-6-21)24-11-9-23(10-12-24)17-4-3-13-25-17/h3-4,13,16H,2,5-12,14-15H2,1H3,(H,19,20). The molecule has 1 N–H and O–H groups in total. The molecule has 0 aliphatic carbocycles. The van der Waals surface area contributed by atoms with Crippen molar-refractivity contribution in [2.45, 2.75) is 13.0 Å². The highest BCUT2D eigenvalue weighted by Crippen LogP contribution is 2.22. The first kappa shape index (κ1) is 17.1. The van der Waals surface area contributed by atoms with Crippen LogP contribution in [0.15, 0.2) is 22.5 Å². The van der Waals surface area contributed by atoms with Crippen LogP contribution in [0.5, 0.6) is 0 Å². The number of aliphatic imine (C=N–C) groups is 1. The molecule has 25 heavy (non-hydrogen) atoms. The number of fused-ring (bicyclic) bond motifs is 3. The van der Waals surface area contributed by atoms with E-state index in [2.05, 4.69) is 49.4 Å². The highest BCUT2D eigenvalue weighted by Gasteiger charge is 2.31. The zero-order valence-corrected chi connectivity index (χ0v) is 16.0. The smallest absolute Gasteiger partial charge is 0.194 e. The average Bonchev–Trinajstić information content (AvgIpc) is 3.21. The molecule has 0 aromatic carbocycles. The van der Waals surface area contributed by atoms with Crippen molar-refractivity contribution >= 4 is 22.3 Å². The Hall–Kier alpha value is -1.31. The van der Waals surface area contributed by atoms with Crippen molar-refractivity contribution in [2.24, 2.45) is 4.99 Å². The topological polar surface area (TPSA) is 37.4 Å². The van der Waals surface area contributed by atoms with E-state index >= 15 is 0 Å². The molecule has 4 saturated heterocycles. The number of hydrogen-bond donors (Lipinski definition) is 1. The molecular formula is C18H30N6S. The fourth-order valence-electron chi connectivity index (χ4n) is 4.10. The van der Waals surface area contributed by atoms with Crippen LogP contribution in [-0.2, 0) is 0 Å². The molecule has 4 aliphatic rings. The fraction of sp³-hybridized carbons (Fsp3) is 0.722. The van der Waals surface area contributed by atoms with E-state index in [0.717, 1.165) is 45.2 Å². The number of thiophene rings is 1. The minimum absolute atomic E-state index is 0.601. The van der Waals surface area contributed by atoms with E-state index in [1.165, 1.54) is 37.7 Å². The van der Waals surface area contributed by atoms with Crippen molar-refractivity contribution in [2.75, 3.05) is 76.9 Å². The van der Waals surface area contributed by atoms with Crippen molar-refractivity contribution in [3.05, 3.63) is 17.5 Å². The minimum Gasteiger partial charge on any atom is -0.360 e. The summed E-state index contributed by atoms with van der Waals surface area (Å²) in [7, 11) is 0. The molecule has 0 amide bonds. The van der Waals surface area contributed by atoms with Crippen LogP contribution in [0.4, 0.5) is 5.00 Å². The fourth-order valence-corrected chi connectivity index (χ4v) is 4.89. The van der Waals surface area contributed by atoms with Crippen LogP contribution in [-0.4, -0.2) is 98.7 Å². The van der Waals surface area contributed by atoms with Crippen molar-refractivity contribution < 1.29 is 0 Å². The van der Waals surface area contributed by atoms with Crippen LogP contribution in [0, 0.1) is 0 Å². The van der Waals surface area contributed by atoms with Crippen LogP contribution in [0.25, 0.3) is 0 Å². The molecule has 1 atom stereocenters. The van der Waals surface area contributed by atoms with Crippen molar-refractivity contribution in [1.82, 2.24) is 20.0 Å². The molecule has 6 nitrogen and oxygen atoms in total. The summed E-state index contributed by atoms with van der Waals surface area (Å²) in [4.78, 5) is 15.2. The third kappa shape index (κ3) is 3.93. The largest absolute Gasteiger partial charge is 0.360 e. The Morgan fingerprint density at radius 1 is 1.16 bits per heavy atom. The molecule has 138 valence electrons. The quantitative estimate of drug-likeness (QED) is 0.635. The molecule has 0 saturated carbocycles. The molecule has 0 radical (unpaired) electrons. The Morgan fingerprint density at radius 2 is 1.96 bits per heavy atom. The van der Waals surface area contributed by atoms with Crippen LogP contribution in [0.1, 0.15) is 6.92 Å². The number of hydrogen-bond acceptors (Lipinski definition) is 5. The van der Waals surface area contributed by atoms with Crippen LogP contribution >= 0.6 is 11.3 Å². The Balaban J connectivity index is 1.34. The lowest BCUT2D eigenvalue weighted by molar-refractivity contribution is 0.0173. The molecule has 7 heteroatoms. The summed E-state index contributed by atoms with van der Waals surface area (Å²) in [5.41, 5.74) is 0. The Bertz CT molecular complexity index is 558. The number of rotatable bonds is 4. The summed E-state index contributed by atoms with van der Waals surface area (Å²) in [5, 5.41) is 7.07. The van der Waals surface area contributed by atoms with Crippen LogP contribution < -0.4 is 10.2 Å². The Labute approximate surface area is 155 Å². The molecule has 1 unspecified atom stereocenters. The van der Waals surface area contributed by atoms with Gasteiger partial charge in [0.15, 0.2) is 5.96 Å². The van der Waals surface area contributed by atoms with E-state index in [9.17, 15) is 0 Å². The lowest BCUT2D eigenvalue weighted by Crippen LogP contribution is -2.62. The summed E-state index contributed by atoms with van der Waals surface area (Å²) in [6.07, 6.45) is 0. The summed E-state index contributed by atoms with van der Waals surface area (Å²) in [6.45, 7) is 14.4. The summed E-state index contributed by atoms with van der Waals surface area (Å²) in [5.74, 6) is 1.10. The first-order valence-corrected chi connectivity index (χ1v) is 10.5. The normalized spacial score (nSPS) is 30.0. The molecule has 5 rings (SSSR count). The van der Waals surface area contributed by atoms with Crippen LogP contribution in [0.2, 0.25) is 0 Å². The third-order valence-electron chi connectivity index (χ3n) is 5.58. The molecule has 4 aliphatic heterocycles. The highest BCUT2D eigenvalue weighted by atomic mass is 32.1. The van der Waals surface area contributed by atoms with Gasteiger partial charge >= 0.3 is 0 Å². The minimum atomic E-state index is 0.601. The average molecular weight is 363 g/mol. The first-order valence-electron chi connectivity index (χ1n) is 9.61. The van der Waals surface area contributed by atoms with E-state index < -0.39 is 0 Å². The van der Waals surface area contributed by atoms with Gasteiger partial charge in [-0.2, -0.15) is 0 Å². The summed E-state index contributed by atoms with van der Waals surface area (Å²) >= 11 is 1.84. The predicted octanol–water partition coefficient (Wildman–Crippen LogP) is 0.835. The van der Waals surface area contributed by atoms with Gasteiger partial charge in [0.25, 0.3) is 0 Å². The molecule has 1 aromatic rings. The summed E-state index contributed by atoms with van der Waals surface area (Å²) in [6, 6.07) is 4.96. The Morgan fingerprint density at radius 3 is 2.56 bits per heavy atom. The first-order chi connectivity index (χ1) is 12.3. The second-order valence-electron chi connectivity index (χ2n) is 7.11.